The number of hydrogen-bond donors (Lipinski definition) is 3. The van der Waals surface area contributed by atoms with Crippen LogP contribution in [0.3, 0.4) is 0 Å². The molecule has 3 N–H and O–H groups in total. The maximum Gasteiger partial charge on any atom is 0.246 e. The Balaban J connectivity index is 1.34. The van der Waals surface area contributed by atoms with Crippen molar-refractivity contribution in [3.63, 3.8) is 0 Å². The van der Waals surface area contributed by atoms with Gasteiger partial charge in [-0.3, -0.25) is 14.4 Å². The number of aryl methyl sites for hydroxylation is 1. The molecule has 0 spiro atoms. The first kappa shape index (κ1) is 42.8. The number of nitrogens with zero attached hydrogens (tertiary/aromatic N) is 2. The average molecular weight is 751 g/mol. The zero-order chi connectivity index (χ0) is 37.1. The Hall–Kier alpha value is -2.61. The number of unbranched alkanes of at least 4 members (excludes halogenated alkanes) is 5. The molecule has 1 aliphatic rings. The van der Waals surface area contributed by atoms with Crippen molar-refractivity contribution in [2.45, 2.75) is 110 Å². The first-order chi connectivity index (χ1) is 24.5. The van der Waals surface area contributed by atoms with E-state index >= 15 is 0 Å². The van der Waals surface area contributed by atoms with Crippen LogP contribution in [0, 0.1) is 12.3 Å². The van der Waals surface area contributed by atoms with E-state index in [1.165, 1.54) is 4.90 Å². The number of hydrogen-bond acceptors (Lipinski definition) is 9. The summed E-state index contributed by atoms with van der Waals surface area (Å²) in [5.74, 6) is -0.185. The van der Waals surface area contributed by atoms with Crippen LogP contribution in [0.25, 0.3) is 10.4 Å². The van der Waals surface area contributed by atoms with Crippen molar-refractivity contribution in [3.8, 4) is 10.4 Å². The molecule has 1 aromatic carbocycles. The van der Waals surface area contributed by atoms with E-state index in [-0.39, 0.29) is 37.1 Å². The predicted molar refractivity (Wildman–Crippen MR) is 202 cm³/mol. The van der Waals surface area contributed by atoms with Gasteiger partial charge in [0.05, 0.1) is 48.6 Å². The first-order valence-corrected chi connectivity index (χ1v) is 19.8. The molecule has 3 atom stereocenters. The molecule has 3 unspecified atom stereocenters. The van der Waals surface area contributed by atoms with Crippen LogP contribution in [0.1, 0.15) is 89.8 Å². The molecule has 2 heterocycles. The highest BCUT2D eigenvalue weighted by Gasteiger charge is 2.44. The van der Waals surface area contributed by atoms with Gasteiger partial charge in [-0.1, -0.05) is 64.3 Å². The van der Waals surface area contributed by atoms with Crippen molar-refractivity contribution in [2.24, 2.45) is 5.41 Å². The second kappa shape index (κ2) is 23.1. The summed E-state index contributed by atoms with van der Waals surface area (Å²) in [6.45, 7) is 11.5. The van der Waals surface area contributed by atoms with E-state index in [4.69, 9.17) is 25.8 Å². The van der Waals surface area contributed by atoms with Gasteiger partial charge in [-0.15, -0.1) is 22.9 Å². The van der Waals surface area contributed by atoms with Gasteiger partial charge in [-0.2, -0.15) is 0 Å². The highest BCUT2D eigenvalue weighted by atomic mass is 35.5. The number of alkyl halides is 1. The van der Waals surface area contributed by atoms with Crippen LogP contribution in [0.15, 0.2) is 29.8 Å². The van der Waals surface area contributed by atoms with Crippen LogP contribution < -0.4 is 10.6 Å². The number of rotatable bonds is 24. The standard InChI is InChI=1S/C38H59ClN4O7S/c1-28-34(51-27-41-28)30-15-13-29(14-16-30)25-40-36(46)32-24-31(44)26-43(32)37(47)35(38(2,3)4)42-33(45)12-8-7-11-19-49-21-23-50-22-20-48-18-10-6-5-9-17-39/h13-16,27,31-32,35,44H,5-12,17-26H2,1-4H3,(H,40,46)(H,42,45). The zero-order valence-corrected chi connectivity index (χ0v) is 32.5. The SMILES string of the molecule is Cc1ncsc1-c1ccc(CNC(=O)C2CC(O)CN2C(=O)C(NC(=O)CCCCCOCCOCCOCCCCCCCl)C(C)(C)C)cc1. The number of β-amino-alcohol motifs (C(OH)–C–C–N with tert-alkyl or cyclic N) is 1. The van der Waals surface area contributed by atoms with Gasteiger partial charge in [0, 0.05) is 45.0 Å². The van der Waals surface area contributed by atoms with Crippen molar-refractivity contribution in [1.82, 2.24) is 20.5 Å². The van der Waals surface area contributed by atoms with Crippen molar-refractivity contribution >= 4 is 40.7 Å². The molecule has 13 heteroatoms. The maximum absolute atomic E-state index is 13.9. The van der Waals surface area contributed by atoms with E-state index in [1.807, 2.05) is 57.5 Å². The third-order valence-corrected chi connectivity index (χ3v) is 10.1. The van der Waals surface area contributed by atoms with Crippen LogP contribution in [0.2, 0.25) is 0 Å². The summed E-state index contributed by atoms with van der Waals surface area (Å²) < 4.78 is 16.7. The lowest BCUT2D eigenvalue weighted by molar-refractivity contribution is -0.144. The second-order valence-corrected chi connectivity index (χ2v) is 15.4. The average Bonchev–Trinajstić information content (AvgIpc) is 3.72. The summed E-state index contributed by atoms with van der Waals surface area (Å²) in [6, 6.07) is 6.26. The molecule has 3 rings (SSSR count). The number of aliphatic hydroxyl groups is 1. The van der Waals surface area contributed by atoms with Crippen LogP contribution >= 0.6 is 22.9 Å². The van der Waals surface area contributed by atoms with Gasteiger partial charge in [-0.05, 0) is 49.1 Å². The van der Waals surface area contributed by atoms with Gasteiger partial charge < -0.3 is 34.9 Å². The molecule has 1 fully saturated rings. The van der Waals surface area contributed by atoms with Crippen molar-refractivity contribution < 1.29 is 33.7 Å². The summed E-state index contributed by atoms with van der Waals surface area (Å²) in [6.07, 6.45) is 6.30. The predicted octanol–water partition coefficient (Wildman–Crippen LogP) is 5.64. The fourth-order valence-corrected chi connectivity index (χ4v) is 6.87. The van der Waals surface area contributed by atoms with Crippen molar-refractivity contribution in [3.05, 3.63) is 41.0 Å². The molecule has 0 bridgehead atoms. The lowest BCUT2D eigenvalue weighted by Gasteiger charge is -2.35. The molecule has 11 nitrogen and oxygen atoms in total. The van der Waals surface area contributed by atoms with E-state index in [2.05, 4.69) is 15.6 Å². The van der Waals surface area contributed by atoms with Crippen LogP contribution in [0.5, 0.6) is 0 Å². The fourth-order valence-electron chi connectivity index (χ4n) is 5.87. The Bertz CT molecular complexity index is 1320. The van der Waals surface area contributed by atoms with Crippen molar-refractivity contribution in [2.75, 3.05) is 52.1 Å². The number of benzene rings is 1. The fraction of sp³-hybridized carbons (Fsp3) is 0.684. The third-order valence-electron chi connectivity index (χ3n) is 8.82. The van der Waals surface area contributed by atoms with Gasteiger partial charge in [0.1, 0.15) is 12.1 Å². The minimum absolute atomic E-state index is 0.0386. The number of halogens is 1. The molecule has 51 heavy (non-hydrogen) atoms. The minimum Gasteiger partial charge on any atom is -0.391 e. The van der Waals surface area contributed by atoms with Crippen LogP contribution in [-0.2, 0) is 35.1 Å². The molecule has 2 aromatic rings. The number of likely N-dealkylation sites (tertiary alicyclic amines) is 1. The molecule has 1 aromatic heterocycles. The largest absolute Gasteiger partial charge is 0.391 e. The molecule has 3 amide bonds. The quantitative estimate of drug-likeness (QED) is 0.0927. The van der Waals surface area contributed by atoms with E-state index < -0.39 is 23.6 Å². The molecule has 0 radical (unpaired) electrons. The Morgan fingerprint density at radius 1 is 0.941 bits per heavy atom. The van der Waals surface area contributed by atoms with Gasteiger partial charge in [-0.25, -0.2) is 4.98 Å². The van der Waals surface area contributed by atoms with Gasteiger partial charge in [0.2, 0.25) is 17.7 Å². The number of thiazole rings is 1. The first-order valence-electron chi connectivity index (χ1n) is 18.4. The number of amides is 3. The summed E-state index contributed by atoms with van der Waals surface area (Å²) in [4.78, 5) is 47.0. The van der Waals surface area contributed by atoms with E-state index in [0.717, 1.165) is 72.7 Å². The normalized spacial score (nSPS) is 16.7. The number of carbonyl (C=O) groups excluding carboxylic acids is 3. The highest BCUT2D eigenvalue weighted by molar-refractivity contribution is 7.13. The van der Waals surface area contributed by atoms with Gasteiger partial charge >= 0.3 is 0 Å². The molecule has 286 valence electrons. The lowest BCUT2D eigenvalue weighted by Crippen LogP contribution is -2.57. The summed E-state index contributed by atoms with van der Waals surface area (Å²) in [5, 5.41) is 16.4. The van der Waals surface area contributed by atoms with E-state index in [1.54, 1.807) is 11.3 Å². The minimum atomic E-state index is -0.844. The van der Waals surface area contributed by atoms with E-state index in [9.17, 15) is 19.5 Å². The summed E-state index contributed by atoms with van der Waals surface area (Å²) >= 11 is 7.26. The molecular weight excluding hydrogens is 692 g/mol. The third kappa shape index (κ3) is 15.5. The van der Waals surface area contributed by atoms with Gasteiger partial charge in [0.25, 0.3) is 0 Å². The number of aromatic nitrogens is 1. The second-order valence-electron chi connectivity index (χ2n) is 14.2. The van der Waals surface area contributed by atoms with E-state index in [0.29, 0.717) is 46.0 Å². The summed E-state index contributed by atoms with van der Waals surface area (Å²) in [7, 11) is 0. The smallest absolute Gasteiger partial charge is 0.246 e. The molecule has 0 aliphatic carbocycles. The summed E-state index contributed by atoms with van der Waals surface area (Å²) in [5.41, 5.74) is 4.18. The van der Waals surface area contributed by atoms with Crippen LogP contribution in [0.4, 0.5) is 0 Å². The Morgan fingerprint density at radius 3 is 2.14 bits per heavy atom. The lowest BCUT2D eigenvalue weighted by atomic mass is 9.85. The molecule has 0 saturated carbocycles. The number of aliphatic hydroxyl groups excluding tert-OH is 1. The Morgan fingerprint density at radius 2 is 1.55 bits per heavy atom. The Labute approximate surface area is 313 Å². The topological polar surface area (TPSA) is 139 Å². The zero-order valence-electron chi connectivity index (χ0n) is 30.9. The Kier molecular flexibility index (Phi) is 19.4. The number of carbonyl (C=O) groups is 3. The number of nitrogens with one attached hydrogen (secondary N) is 2. The molecule has 1 saturated heterocycles. The van der Waals surface area contributed by atoms with Gasteiger partial charge in [0.15, 0.2) is 0 Å². The highest BCUT2D eigenvalue weighted by Crippen LogP contribution is 2.28. The molecule has 1 aliphatic heterocycles. The van der Waals surface area contributed by atoms with Crippen molar-refractivity contribution in [1.29, 1.82) is 0 Å². The monoisotopic (exact) mass is 750 g/mol. The van der Waals surface area contributed by atoms with Crippen LogP contribution in [-0.4, -0.2) is 103 Å². The number of ether oxygens (including phenoxy) is 3. The maximum atomic E-state index is 13.9. The molecular formula is C38H59ClN4O7S.